The van der Waals surface area contributed by atoms with Gasteiger partial charge in [0, 0.05) is 17.6 Å². The molecule has 0 bridgehead atoms. The van der Waals surface area contributed by atoms with Gasteiger partial charge in [0.15, 0.2) is 5.43 Å². The van der Waals surface area contributed by atoms with Gasteiger partial charge in [-0.15, -0.1) is 0 Å². The van der Waals surface area contributed by atoms with E-state index in [1.54, 1.807) is 17.0 Å². The first-order valence-corrected chi connectivity index (χ1v) is 12.3. The third-order valence-electron chi connectivity index (χ3n) is 6.57. The summed E-state index contributed by atoms with van der Waals surface area (Å²) in [6.07, 6.45) is 0. The normalized spacial score (nSPS) is 16.2. The van der Waals surface area contributed by atoms with E-state index in [0.29, 0.717) is 23.1 Å². The number of hydrogen-bond donors (Lipinski definition) is 0. The third kappa shape index (κ3) is 4.38. The molecule has 0 aliphatic carbocycles. The Morgan fingerprint density at radius 2 is 1.70 bits per heavy atom. The molecule has 1 amide bonds. The van der Waals surface area contributed by atoms with Crippen LogP contribution in [0.2, 0.25) is 0 Å². The van der Waals surface area contributed by atoms with Crippen LogP contribution >= 0.6 is 15.9 Å². The molecule has 5 nitrogen and oxygen atoms in total. The summed E-state index contributed by atoms with van der Waals surface area (Å²) in [6.45, 7) is 13.8. The van der Waals surface area contributed by atoms with Crippen molar-refractivity contribution in [2.45, 2.75) is 46.1 Å². The number of likely N-dealkylation sites (N-methyl/N-ethyl adjacent to an activating group) is 1. The summed E-state index contributed by atoms with van der Waals surface area (Å²) in [5.74, 6) is -0.0526. The van der Waals surface area contributed by atoms with Crippen LogP contribution in [0.3, 0.4) is 0 Å². The summed E-state index contributed by atoms with van der Waals surface area (Å²) in [4.78, 5) is 31.3. The monoisotopic (exact) mass is 510 g/mol. The molecule has 2 aromatic carbocycles. The molecule has 0 saturated carbocycles. The second kappa shape index (κ2) is 9.07. The fraction of sp³-hybridized carbons (Fsp3) is 0.407. The summed E-state index contributed by atoms with van der Waals surface area (Å²) < 4.78 is 6.85. The third-order valence-corrected chi connectivity index (χ3v) is 7.06. The number of nitrogens with zero attached hydrogens (tertiary/aromatic N) is 2. The second-order valence-corrected chi connectivity index (χ2v) is 10.5. The topological polar surface area (TPSA) is 53.8 Å². The molecule has 3 aromatic rings. The first-order valence-electron chi connectivity index (χ1n) is 11.6. The van der Waals surface area contributed by atoms with Gasteiger partial charge >= 0.3 is 0 Å². The molecule has 0 N–H and O–H groups in total. The van der Waals surface area contributed by atoms with Crippen LogP contribution < -0.4 is 5.43 Å². The molecule has 0 saturated heterocycles. The van der Waals surface area contributed by atoms with E-state index in [2.05, 4.69) is 67.6 Å². The predicted octanol–water partition coefficient (Wildman–Crippen LogP) is 5.74. The van der Waals surface area contributed by atoms with E-state index >= 15 is 0 Å². The van der Waals surface area contributed by atoms with E-state index in [0.717, 1.165) is 29.7 Å². The van der Waals surface area contributed by atoms with Gasteiger partial charge in [-0.3, -0.25) is 9.59 Å². The molecule has 0 radical (unpaired) electrons. The lowest BCUT2D eigenvalue weighted by Crippen LogP contribution is -2.37. The van der Waals surface area contributed by atoms with Crippen LogP contribution in [0.15, 0.2) is 56.1 Å². The van der Waals surface area contributed by atoms with Gasteiger partial charge in [0.2, 0.25) is 5.76 Å². The van der Waals surface area contributed by atoms with Crippen LogP contribution in [0.1, 0.15) is 67.9 Å². The number of amides is 1. The SMILES string of the molecule is CCN(CC)CCN1C(=O)c2oc3ccc(Br)cc3c(=O)c2C1c1ccc(C(C)(C)C)cc1. The Morgan fingerprint density at radius 1 is 1.03 bits per heavy atom. The van der Waals surface area contributed by atoms with Crippen molar-refractivity contribution in [2.24, 2.45) is 0 Å². The van der Waals surface area contributed by atoms with Gasteiger partial charge in [-0.05, 0) is 47.8 Å². The van der Waals surface area contributed by atoms with Crippen LogP contribution in [0, 0.1) is 0 Å². The molecule has 4 rings (SSSR count). The van der Waals surface area contributed by atoms with Crippen molar-refractivity contribution < 1.29 is 9.21 Å². The van der Waals surface area contributed by atoms with E-state index in [1.165, 1.54) is 5.56 Å². The Kier molecular flexibility index (Phi) is 6.52. The van der Waals surface area contributed by atoms with E-state index in [1.807, 2.05) is 18.2 Å². The maximum absolute atomic E-state index is 13.7. The van der Waals surface area contributed by atoms with Gasteiger partial charge in [-0.25, -0.2) is 0 Å². The van der Waals surface area contributed by atoms with Gasteiger partial charge in [0.05, 0.1) is 17.0 Å². The molecule has 0 fully saturated rings. The molecule has 33 heavy (non-hydrogen) atoms. The smallest absolute Gasteiger partial charge is 0.290 e. The number of fused-ring (bicyclic) bond motifs is 2. The van der Waals surface area contributed by atoms with Crippen molar-refractivity contribution in [3.63, 3.8) is 0 Å². The summed E-state index contributed by atoms with van der Waals surface area (Å²) >= 11 is 3.45. The molecule has 1 aromatic heterocycles. The summed E-state index contributed by atoms with van der Waals surface area (Å²) in [5.41, 5.74) is 2.88. The van der Waals surface area contributed by atoms with Crippen molar-refractivity contribution in [2.75, 3.05) is 26.2 Å². The summed E-state index contributed by atoms with van der Waals surface area (Å²) in [5, 5.41) is 0.484. The molecule has 6 heteroatoms. The van der Waals surface area contributed by atoms with Gasteiger partial charge < -0.3 is 14.2 Å². The van der Waals surface area contributed by atoms with Gasteiger partial charge in [0.25, 0.3) is 5.91 Å². The Hall–Kier alpha value is -2.44. The largest absolute Gasteiger partial charge is 0.450 e. The lowest BCUT2D eigenvalue weighted by atomic mass is 9.86. The molecule has 1 aliphatic rings. The van der Waals surface area contributed by atoms with Crippen molar-refractivity contribution >= 4 is 32.8 Å². The molecule has 174 valence electrons. The quantitative estimate of drug-likeness (QED) is 0.424. The van der Waals surface area contributed by atoms with Gasteiger partial charge in [-0.1, -0.05) is 74.8 Å². The minimum Gasteiger partial charge on any atom is -0.450 e. The maximum Gasteiger partial charge on any atom is 0.290 e. The standard InChI is InChI=1S/C27H31BrN2O3/c1-6-29(7-2)14-15-30-23(17-8-10-18(11-9-17)27(3,4)5)22-24(31)20-16-19(28)12-13-21(20)33-25(22)26(30)32/h8-13,16,23H,6-7,14-15H2,1-5H3. The van der Waals surface area contributed by atoms with Gasteiger partial charge in [-0.2, -0.15) is 0 Å². The van der Waals surface area contributed by atoms with Gasteiger partial charge in [0.1, 0.15) is 5.58 Å². The summed E-state index contributed by atoms with van der Waals surface area (Å²) in [6, 6.07) is 13.1. The zero-order chi connectivity index (χ0) is 23.9. The first kappa shape index (κ1) is 23.7. The average molecular weight is 511 g/mol. The zero-order valence-electron chi connectivity index (χ0n) is 19.9. The molecular formula is C27H31BrN2O3. The lowest BCUT2D eigenvalue weighted by molar-refractivity contribution is 0.0708. The molecule has 1 atom stereocenters. The number of benzene rings is 2. The number of carbonyl (C=O) groups excluding carboxylic acids is 1. The highest BCUT2D eigenvalue weighted by Gasteiger charge is 2.42. The zero-order valence-corrected chi connectivity index (χ0v) is 21.5. The minimum atomic E-state index is -0.461. The van der Waals surface area contributed by atoms with Crippen LogP contribution in [0.5, 0.6) is 0 Å². The number of rotatable bonds is 6. The maximum atomic E-state index is 13.7. The van der Waals surface area contributed by atoms with Crippen LogP contribution in [0.4, 0.5) is 0 Å². The van der Waals surface area contributed by atoms with Crippen LogP contribution in [0.25, 0.3) is 11.0 Å². The minimum absolute atomic E-state index is 0.0197. The molecule has 2 heterocycles. The highest BCUT2D eigenvalue weighted by Crippen LogP contribution is 2.39. The molecule has 0 spiro atoms. The fourth-order valence-corrected chi connectivity index (χ4v) is 4.89. The van der Waals surface area contributed by atoms with Crippen LogP contribution in [-0.4, -0.2) is 41.9 Å². The second-order valence-electron chi connectivity index (χ2n) is 9.61. The molecule has 1 unspecified atom stereocenters. The number of hydrogen-bond acceptors (Lipinski definition) is 4. The highest BCUT2D eigenvalue weighted by molar-refractivity contribution is 9.10. The van der Waals surface area contributed by atoms with Crippen molar-refractivity contribution in [3.05, 3.63) is 79.6 Å². The molecule has 1 aliphatic heterocycles. The van der Waals surface area contributed by atoms with Crippen LogP contribution in [-0.2, 0) is 5.41 Å². The predicted molar refractivity (Wildman–Crippen MR) is 136 cm³/mol. The Balaban J connectivity index is 1.86. The Labute approximate surface area is 203 Å². The number of halogens is 1. The highest BCUT2D eigenvalue weighted by atomic mass is 79.9. The van der Waals surface area contributed by atoms with Crippen molar-refractivity contribution in [1.29, 1.82) is 0 Å². The molecular weight excluding hydrogens is 480 g/mol. The number of carbonyl (C=O) groups is 1. The van der Waals surface area contributed by atoms with Crippen molar-refractivity contribution in [1.82, 2.24) is 9.80 Å². The lowest BCUT2D eigenvalue weighted by Gasteiger charge is -2.28. The van der Waals surface area contributed by atoms with E-state index in [9.17, 15) is 9.59 Å². The first-order chi connectivity index (χ1) is 15.7. The Morgan fingerprint density at radius 3 is 2.30 bits per heavy atom. The van der Waals surface area contributed by atoms with E-state index in [-0.39, 0.29) is 22.5 Å². The van der Waals surface area contributed by atoms with Crippen molar-refractivity contribution in [3.8, 4) is 0 Å². The fourth-order valence-electron chi connectivity index (χ4n) is 4.52. The van der Waals surface area contributed by atoms with E-state index < -0.39 is 6.04 Å². The van der Waals surface area contributed by atoms with E-state index in [4.69, 9.17) is 4.42 Å². The summed E-state index contributed by atoms with van der Waals surface area (Å²) in [7, 11) is 0. The Bertz CT molecular complexity index is 1240. The average Bonchev–Trinajstić information content (AvgIpc) is 3.06.